The summed E-state index contributed by atoms with van der Waals surface area (Å²) in [5, 5.41) is 22.9. The maximum atomic E-state index is 13.4. The summed E-state index contributed by atoms with van der Waals surface area (Å²) >= 11 is 6.46. The third-order valence-corrected chi connectivity index (χ3v) is 9.52. The van der Waals surface area contributed by atoms with Crippen molar-refractivity contribution < 1.29 is 14.3 Å². The van der Waals surface area contributed by atoms with Gasteiger partial charge in [0, 0.05) is 40.1 Å². The fourth-order valence-corrected chi connectivity index (χ4v) is 7.35. The van der Waals surface area contributed by atoms with Crippen LogP contribution < -0.4 is 5.73 Å². The number of hydrogen-bond donors (Lipinski definition) is 1. The van der Waals surface area contributed by atoms with Crippen molar-refractivity contribution in [2.75, 3.05) is 26.0 Å². The van der Waals surface area contributed by atoms with E-state index in [0.717, 1.165) is 39.1 Å². The van der Waals surface area contributed by atoms with Gasteiger partial charge >= 0.3 is 5.97 Å². The lowest BCUT2D eigenvalue weighted by molar-refractivity contribution is -0.139. The molecule has 0 spiro atoms. The summed E-state index contributed by atoms with van der Waals surface area (Å²) in [5.74, 6) is -1.03. The molecule has 208 valence electrons. The lowest BCUT2D eigenvalue weighted by Gasteiger charge is -2.29. The molecular weight excluding hydrogens is 622 g/mol. The molecule has 8 nitrogen and oxygen atoms in total. The average Bonchev–Trinajstić information content (AvgIpc) is 3.50. The van der Waals surface area contributed by atoms with Crippen LogP contribution >= 0.6 is 39.0 Å². The molecule has 0 amide bonds. The molecule has 11 heteroatoms. The monoisotopic (exact) mass is 647 g/mol. The van der Waals surface area contributed by atoms with Crippen LogP contribution in [0.25, 0.3) is 10.4 Å². The molecule has 3 aromatic rings. The number of esters is 1. The van der Waals surface area contributed by atoms with Gasteiger partial charge in [-0.25, -0.2) is 9.78 Å². The second-order valence-electron chi connectivity index (χ2n) is 9.46. The van der Waals surface area contributed by atoms with E-state index in [9.17, 15) is 15.3 Å². The number of nitriles is 2. The number of fused-ring (bicyclic) bond motifs is 1. The molecule has 0 bridgehead atoms. The summed E-state index contributed by atoms with van der Waals surface area (Å²) in [6.07, 6.45) is 0.766. The van der Waals surface area contributed by atoms with Gasteiger partial charge in [-0.1, -0.05) is 52.0 Å². The number of aromatic nitrogens is 1. The van der Waals surface area contributed by atoms with Crippen molar-refractivity contribution >= 4 is 45.0 Å². The molecule has 5 rings (SSSR count). The number of carbonyl (C=O) groups excluding carboxylic acids is 1. The largest absolute Gasteiger partial charge is 0.463 e. The van der Waals surface area contributed by atoms with Crippen molar-refractivity contribution in [2.45, 2.75) is 30.8 Å². The molecule has 1 unspecified atom stereocenters. The first-order valence-corrected chi connectivity index (χ1v) is 15.6. The van der Waals surface area contributed by atoms with Gasteiger partial charge in [-0.05, 0) is 42.6 Å². The van der Waals surface area contributed by atoms with E-state index in [4.69, 9.17) is 20.2 Å². The van der Waals surface area contributed by atoms with Gasteiger partial charge in [-0.15, -0.1) is 11.3 Å². The number of halogens is 1. The predicted octanol–water partition coefficient (Wildman–Crippen LogP) is 5.85. The number of thioether (sulfide) groups is 1. The molecule has 1 aromatic carbocycles. The summed E-state index contributed by atoms with van der Waals surface area (Å²) in [6, 6.07) is 15.9. The molecule has 0 aliphatic carbocycles. The van der Waals surface area contributed by atoms with Gasteiger partial charge in [-0.2, -0.15) is 10.5 Å². The quantitative estimate of drug-likeness (QED) is 0.248. The fourth-order valence-electron chi connectivity index (χ4n) is 5.08. The van der Waals surface area contributed by atoms with Crippen LogP contribution in [0.4, 0.5) is 0 Å². The van der Waals surface area contributed by atoms with Crippen molar-refractivity contribution in [3.63, 3.8) is 0 Å². The Kier molecular flexibility index (Phi) is 8.81. The molecule has 0 saturated carbocycles. The van der Waals surface area contributed by atoms with Crippen molar-refractivity contribution in [1.82, 2.24) is 9.88 Å². The first kappa shape index (κ1) is 28.9. The lowest BCUT2D eigenvalue weighted by Crippen LogP contribution is -2.28. The number of pyridine rings is 1. The zero-order chi connectivity index (χ0) is 29.1. The molecule has 41 heavy (non-hydrogen) atoms. The van der Waals surface area contributed by atoms with Gasteiger partial charge < -0.3 is 20.1 Å². The zero-order valence-electron chi connectivity index (χ0n) is 22.4. The molecule has 2 N–H and O–H groups in total. The number of nitrogens with two attached hydrogens (primary N) is 1. The van der Waals surface area contributed by atoms with Crippen molar-refractivity contribution in [3.8, 4) is 22.6 Å². The van der Waals surface area contributed by atoms with E-state index in [2.05, 4.69) is 40.0 Å². The Hall–Kier alpha value is -3.61. The van der Waals surface area contributed by atoms with Crippen molar-refractivity contribution in [3.05, 3.63) is 91.4 Å². The van der Waals surface area contributed by atoms with Crippen LogP contribution in [0.2, 0.25) is 0 Å². The number of nitrogens with zero attached hydrogens (tertiary/aromatic N) is 4. The number of allylic oxidation sites excluding steroid dienone is 1. The normalized spacial score (nSPS) is 17.0. The van der Waals surface area contributed by atoms with Crippen molar-refractivity contribution in [1.29, 1.82) is 10.5 Å². The van der Waals surface area contributed by atoms with E-state index in [1.54, 1.807) is 18.3 Å². The number of carbonyl (C=O) groups is 1. The minimum absolute atomic E-state index is 0.0712. The molecule has 2 aliphatic rings. The van der Waals surface area contributed by atoms with E-state index in [-0.39, 0.29) is 35.1 Å². The zero-order valence-corrected chi connectivity index (χ0v) is 25.7. The minimum Gasteiger partial charge on any atom is -0.463 e. The third kappa shape index (κ3) is 5.64. The Balaban J connectivity index is 1.62. The Morgan fingerprint density at radius 3 is 2.78 bits per heavy atom. The van der Waals surface area contributed by atoms with Crippen LogP contribution in [0, 0.1) is 22.7 Å². The third-order valence-electron chi connectivity index (χ3n) is 6.94. The van der Waals surface area contributed by atoms with Gasteiger partial charge in [0.25, 0.3) is 0 Å². The molecule has 0 fully saturated rings. The SMILES string of the molecule is CCOC(=O)C1=C(CSc2nc3c(c(-c4cccs4)c2C#N)CN(C)CC3)OC(N)=C(C#N)C1c1ccccc1Br. The van der Waals surface area contributed by atoms with Gasteiger partial charge in [-0.3, -0.25) is 0 Å². The van der Waals surface area contributed by atoms with Crippen LogP contribution in [0.15, 0.2) is 74.1 Å². The summed E-state index contributed by atoms with van der Waals surface area (Å²) < 4.78 is 12.1. The van der Waals surface area contributed by atoms with Gasteiger partial charge in [0.2, 0.25) is 5.88 Å². The fraction of sp³-hybridized carbons (Fsp3) is 0.267. The van der Waals surface area contributed by atoms with Crippen LogP contribution in [0.1, 0.15) is 35.2 Å². The second-order valence-corrected chi connectivity index (χ2v) is 12.2. The first-order valence-electron chi connectivity index (χ1n) is 12.9. The molecule has 4 heterocycles. The van der Waals surface area contributed by atoms with E-state index < -0.39 is 11.9 Å². The summed E-state index contributed by atoms with van der Waals surface area (Å²) in [7, 11) is 2.06. The number of hydrogen-bond acceptors (Lipinski definition) is 10. The lowest BCUT2D eigenvalue weighted by atomic mass is 9.83. The topological polar surface area (TPSA) is 125 Å². The van der Waals surface area contributed by atoms with E-state index in [1.807, 2.05) is 41.8 Å². The van der Waals surface area contributed by atoms with Crippen molar-refractivity contribution in [2.24, 2.45) is 5.73 Å². The molecule has 2 aliphatic heterocycles. The summed E-state index contributed by atoms with van der Waals surface area (Å²) in [4.78, 5) is 21.6. The second kappa shape index (κ2) is 12.5. The highest BCUT2D eigenvalue weighted by Gasteiger charge is 2.38. The van der Waals surface area contributed by atoms with E-state index in [1.165, 1.54) is 11.8 Å². The smallest absolute Gasteiger partial charge is 0.338 e. The van der Waals surface area contributed by atoms with Crippen LogP contribution in [0.5, 0.6) is 0 Å². The highest BCUT2D eigenvalue weighted by molar-refractivity contribution is 9.10. The molecule has 2 aromatic heterocycles. The standard InChI is InChI=1S/C30H26BrN5O3S2/c1-3-38-30(37)27-23(39-28(34)18(13-32)26(27)17-7-4-5-8-21(17)31)16-41-29-19(14-33)25(24-9-6-12-40-24)20-15-36(2)11-10-22(20)35-29/h4-9,12,26H,3,10-11,15-16,34H2,1-2H3. The van der Waals surface area contributed by atoms with Crippen LogP contribution in [0.3, 0.4) is 0 Å². The van der Waals surface area contributed by atoms with Gasteiger partial charge in [0.05, 0.1) is 29.4 Å². The average molecular weight is 649 g/mol. The Morgan fingerprint density at radius 1 is 1.29 bits per heavy atom. The van der Waals surface area contributed by atoms with Gasteiger partial charge in [0.15, 0.2) is 0 Å². The van der Waals surface area contributed by atoms with E-state index in [0.29, 0.717) is 22.7 Å². The van der Waals surface area contributed by atoms with Crippen LogP contribution in [-0.4, -0.2) is 41.8 Å². The van der Waals surface area contributed by atoms with Crippen LogP contribution in [-0.2, 0) is 27.2 Å². The maximum Gasteiger partial charge on any atom is 0.338 e. The number of benzene rings is 1. The number of likely N-dealkylation sites (N-methyl/N-ethyl adjacent to an activating group) is 1. The summed E-state index contributed by atoms with van der Waals surface area (Å²) in [6.45, 7) is 3.45. The number of ether oxygens (including phenoxy) is 2. The maximum absolute atomic E-state index is 13.4. The number of thiophene rings is 1. The molecular formula is C30H26BrN5O3S2. The Morgan fingerprint density at radius 2 is 2.10 bits per heavy atom. The first-order chi connectivity index (χ1) is 19.9. The minimum atomic E-state index is -0.789. The highest BCUT2D eigenvalue weighted by atomic mass is 79.9. The summed E-state index contributed by atoms with van der Waals surface area (Å²) in [5.41, 5.74) is 10.7. The molecule has 0 saturated heterocycles. The molecule has 0 radical (unpaired) electrons. The van der Waals surface area contributed by atoms with Gasteiger partial charge in [0.1, 0.15) is 28.5 Å². The molecule has 1 atom stereocenters. The number of rotatable bonds is 7. The Bertz CT molecular complexity index is 1650. The van der Waals surface area contributed by atoms with E-state index >= 15 is 0 Å². The highest BCUT2D eigenvalue weighted by Crippen LogP contribution is 2.44. The Labute approximate surface area is 255 Å². The predicted molar refractivity (Wildman–Crippen MR) is 161 cm³/mol.